The zero-order chi connectivity index (χ0) is 19.4. The van der Waals surface area contributed by atoms with E-state index in [1.165, 1.54) is 24.3 Å². The van der Waals surface area contributed by atoms with Crippen molar-refractivity contribution in [2.24, 2.45) is 0 Å². The zero-order valence-corrected chi connectivity index (χ0v) is 14.8. The Morgan fingerprint density at radius 3 is 2.43 bits per heavy atom. The summed E-state index contributed by atoms with van der Waals surface area (Å²) >= 11 is 0. The average molecular weight is 385 g/mol. The summed E-state index contributed by atoms with van der Waals surface area (Å²) in [5.41, 5.74) is 1.30. The van der Waals surface area contributed by atoms with Crippen LogP contribution in [-0.4, -0.2) is 21.1 Å². The molecule has 3 aromatic rings. The van der Waals surface area contributed by atoms with Gasteiger partial charge in [0, 0.05) is 24.2 Å². The highest BCUT2D eigenvalue weighted by molar-refractivity contribution is 5.92. The van der Waals surface area contributed by atoms with E-state index in [2.05, 4.69) is 5.32 Å². The van der Waals surface area contributed by atoms with E-state index in [0.29, 0.717) is 30.2 Å². The first-order chi connectivity index (χ1) is 12.9. The monoisotopic (exact) mass is 385 g/mol. The van der Waals surface area contributed by atoms with E-state index in [-0.39, 0.29) is 23.2 Å². The maximum Gasteiger partial charge on any atom is 0.339 e. The molecule has 3 rings (SSSR count). The molecule has 28 heavy (non-hydrogen) atoms. The Morgan fingerprint density at radius 2 is 1.79 bits per heavy atom. The van der Waals surface area contributed by atoms with Crippen LogP contribution < -0.4 is 11.5 Å². The van der Waals surface area contributed by atoms with Crippen molar-refractivity contribution in [2.45, 2.75) is 13.1 Å². The number of carboxylic acids is 1. The van der Waals surface area contributed by atoms with Gasteiger partial charge in [-0.3, -0.25) is 10.1 Å². The lowest BCUT2D eigenvalue weighted by Gasteiger charge is -2.04. The van der Waals surface area contributed by atoms with E-state index in [1.54, 1.807) is 30.3 Å². The number of nitrogens with one attached hydrogen (secondary N) is 1. The Balaban J connectivity index is 0.00000280. The minimum absolute atomic E-state index is 0. The van der Waals surface area contributed by atoms with Gasteiger partial charge in [0.25, 0.3) is 5.69 Å². The SMILES string of the molecule is N.O=C(O)c1cc(-c2ccc(CNCc3ccc([N+](=O)[O-])cc3)o2)ccc1O. The minimum atomic E-state index is -1.22. The Morgan fingerprint density at radius 1 is 1.07 bits per heavy atom. The summed E-state index contributed by atoms with van der Waals surface area (Å²) in [7, 11) is 0. The predicted molar refractivity (Wildman–Crippen MR) is 101 cm³/mol. The van der Waals surface area contributed by atoms with Crippen LogP contribution in [0.15, 0.2) is 59.0 Å². The Hall–Kier alpha value is -3.69. The average Bonchev–Trinajstić information content (AvgIpc) is 3.11. The quantitative estimate of drug-likeness (QED) is 0.353. The van der Waals surface area contributed by atoms with Crippen LogP contribution >= 0.6 is 0 Å². The van der Waals surface area contributed by atoms with Crippen molar-refractivity contribution >= 4 is 11.7 Å². The van der Waals surface area contributed by atoms with Crippen LogP contribution in [0.2, 0.25) is 0 Å². The first-order valence-electron chi connectivity index (χ1n) is 8.03. The number of rotatable bonds is 7. The fourth-order valence-corrected chi connectivity index (χ4v) is 2.55. The molecule has 0 fully saturated rings. The van der Waals surface area contributed by atoms with Crippen molar-refractivity contribution in [2.75, 3.05) is 0 Å². The number of carbonyl (C=O) groups is 1. The summed E-state index contributed by atoms with van der Waals surface area (Å²) < 4.78 is 5.71. The molecule has 2 aromatic carbocycles. The largest absolute Gasteiger partial charge is 0.507 e. The molecule has 1 heterocycles. The summed E-state index contributed by atoms with van der Waals surface area (Å²) in [5.74, 6) is -0.379. The van der Waals surface area contributed by atoms with E-state index in [9.17, 15) is 20.0 Å². The summed E-state index contributed by atoms with van der Waals surface area (Å²) in [6.45, 7) is 0.942. The van der Waals surface area contributed by atoms with Gasteiger partial charge in [0.2, 0.25) is 0 Å². The molecule has 0 spiro atoms. The lowest BCUT2D eigenvalue weighted by atomic mass is 10.1. The third-order valence-electron chi connectivity index (χ3n) is 3.95. The van der Waals surface area contributed by atoms with Crippen LogP contribution in [0.3, 0.4) is 0 Å². The molecular weight excluding hydrogens is 366 g/mol. The Labute approximate surface area is 160 Å². The first kappa shape index (κ1) is 20.6. The Kier molecular flexibility index (Phi) is 6.48. The third kappa shape index (κ3) is 4.72. The van der Waals surface area contributed by atoms with E-state index in [1.807, 2.05) is 0 Å². The molecule has 0 amide bonds. The number of benzene rings is 2. The molecule has 0 saturated carbocycles. The van der Waals surface area contributed by atoms with E-state index in [4.69, 9.17) is 9.52 Å². The van der Waals surface area contributed by atoms with Crippen LogP contribution in [0, 0.1) is 10.1 Å². The van der Waals surface area contributed by atoms with Crippen molar-refractivity contribution in [1.29, 1.82) is 0 Å². The number of nitrogens with zero attached hydrogens (tertiary/aromatic N) is 1. The van der Waals surface area contributed by atoms with Crippen molar-refractivity contribution in [3.05, 3.63) is 81.6 Å². The molecule has 0 aliphatic carbocycles. The molecule has 0 saturated heterocycles. The number of phenols is 1. The number of furan rings is 1. The predicted octanol–water partition coefficient (Wildman–Crippen LogP) is 3.71. The van der Waals surface area contributed by atoms with E-state index in [0.717, 1.165) is 5.56 Å². The fourth-order valence-electron chi connectivity index (χ4n) is 2.55. The number of nitro benzene ring substituents is 1. The van der Waals surface area contributed by atoms with Crippen molar-refractivity contribution in [1.82, 2.24) is 11.5 Å². The summed E-state index contributed by atoms with van der Waals surface area (Å²) in [6, 6.07) is 14.0. The van der Waals surface area contributed by atoms with Gasteiger partial charge in [-0.05, 0) is 35.9 Å². The number of aromatic hydroxyl groups is 1. The maximum atomic E-state index is 11.1. The number of nitro groups is 1. The minimum Gasteiger partial charge on any atom is -0.507 e. The second-order valence-corrected chi connectivity index (χ2v) is 5.83. The molecule has 0 unspecified atom stereocenters. The third-order valence-corrected chi connectivity index (χ3v) is 3.95. The van der Waals surface area contributed by atoms with Crippen molar-refractivity contribution < 1.29 is 24.3 Å². The van der Waals surface area contributed by atoms with E-state index >= 15 is 0 Å². The lowest BCUT2D eigenvalue weighted by molar-refractivity contribution is -0.384. The van der Waals surface area contributed by atoms with Gasteiger partial charge in [-0.25, -0.2) is 4.79 Å². The summed E-state index contributed by atoms with van der Waals surface area (Å²) in [4.78, 5) is 21.3. The molecule has 0 bridgehead atoms. The molecule has 9 nitrogen and oxygen atoms in total. The molecule has 0 aliphatic rings. The van der Waals surface area contributed by atoms with Crippen LogP contribution in [-0.2, 0) is 13.1 Å². The number of carboxylic acid groups (broad SMARTS) is 1. The topological polar surface area (TPSA) is 161 Å². The highest BCUT2D eigenvalue weighted by atomic mass is 16.6. The van der Waals surface area contributed by atoms with Crippen LogP contribution in [0.4, 0.5) is 5.69 Å². The van der Waals surface area contributed by atoms with Crippen molar-refractivity contribution in [3.8, 4) is 17.1 Å². The van der Waals surface area contributed by atoms with Gasteiger partial charge in [-0.1, -0.05) is 12.1 Å². The summed E-state index contributed by atoms with van der Waals surface area (Å²) in [6.07, 6.45) is 0. The normalized spacial score (nSPS) is 10.3. The van der Waals surface area contributed by atoms with Gasteiger partial charge in [-0.2, -0.15) is 0 Å². The fraction of sp³-hybridized carbons (Fsp3) is 0.105. The van der Waals surface area contributed by atoms with Crippen LogP contribution in [0.25, 0.3) is 11.3 Å². The molecule has 0 aliphatic heterocycles. The molecule has 0 radical (unpaired) electrons. The van der Waals surface area contributed by atoms with Gasteiger partial charge in [0.15, 0.2) is 0 Å². The second-order valence-electron chi connectivity index (χ2n) is 5.83. The second kappa shape index (κ2) is 8.80. The van der Waals surface area contributed by atoms with Gasteiger partial charge < -0.3 is 26.1 Å². The zero-order valence-electron chi connectivity index (χ0n) is 14.8. The number of non-ortho nitro benzene ring substituents is 1. The van der Waals surface area contributed by atoms with Crippen molar-refractivity contribution in [3.63, 3.8) is 0 Å². The van der Waals surface area contributed by atoms with Gasteiger partial charge in [0.1, 0.15) is 22.8 Å². The molecule has 0 atom stereocenters. The van der Waals surface area contributed by atoms with Gasteiger partial charge in [-0.15, -0.1) is 0 Å². The number of hydrogen-bond acceptors (Lipinski definition) is 7. The van der Waals surface area contributed by atoms with Crippen LogP contribution in [0.5, 0.6) is 5.75 Å². The van der Waals surface area contributed by atoms with Gasteiger partial charge in [0.05, 0.1) is 11.5 Å². The highest BCUT2D eigenvalue weighted by Crippen LogP contribution is 2.27. The number of hydrogen-bond donors (Lipinski definition) is 4. The smallest absolute Gasteiger partial charge is 0.339 e. The highest BCUT2D eigenvalue weighted by Gasteiger charge is 2.13. The number of aromatic carboxylic acids is 1. The molecular formula is C19H19N3O6. The van der Waals surface area contributed by atoms with E-state index < -0.39 is 10.9 Å². The molecule has 9 heteroatoms. The lowest BCUT2D eigenvalue weighted by Crippen LogP contribution is -2.12. The first-order valence-corrected chi connectivity index (χ1v) is 8.03. The Bertz CT molecular complexity index is 982. The van der Waals surface area contributed by atoms with Crippen LogP contribution in [0.1, 0.15) is 21.7 Å². The maximum absolute atomic E-state index is 11.1. The van der Waals surface area contributed by atoms with Gasteiger partial charge >= 0.3 is 5.97 Å². The molecule has 146 valence electrons. The molecule has 6 N–H and O–H groups in total. The molecule has 1 aromatic heterocycles. The summed E-state index contributed by atoms with van der Waals surface area (Å²) in [5, 5.41) is 32.5. The standard InChI is InChI=1S/C19H16N2O6.H3N/c22-17-7-3-13(9-16(17)19(23)24)18-8-6-15(27-18)11-20-10-12-1-4-14(5-2-12)21(25)26;/h1-9,20,22H,10-11H2,(H,23,24);1H3.